The molecule has 0 atom stereocenters. The van der Waals surface area contributed by atoms with Crippen molar-refractivity contribution < 1.29 is 9.31 Å². The van der Waals surface area contributed by atoms with Gasteiger partial charge in [-0.2, -0.15) is 5.26 Å². The van der Waals surface area contributed by atoms with E-state index in [0.717, 1.165) is 16.6 Å². The number of nitriles is 1. The third-order valence-electron chi connectivity index (χ3n) is 4.61. The molecule has 1 fully saturated rings. The molecule has 0 amide bonds. The van der Waals surface area contributed by atoms with Gasteiger partial charge in [-0.1, -0.05) is 23.8 Å². The number of likely N-dealkylation sites (N-methyl/N-ethyl adjacent to an activating group) is 1. The molecule has 5 heteroatoms. The average molecular weight is 312 g/mol. The summed E-state index contributed by atoms with van der Waals surface area (Å²) in [5, 5.41) is 12.5. The highest BCUT2D eigenvalue weighted by atomic mass is 16.7. The third-order valence-corrected chi connectivity index (χ3v) is 4.61. The van der Waals surface area contributed by atoms with Crippen LogP contribution in [0, 0.1) is 18.3 Å². The Morgan fingerprint density at radius 1 is 1.26 bits per heavy atom. The summed E-state index contributed by atoms with van der Waals surface area (Å²) in [6, 6.07) is 8.06. The minimum atomic E-state index is -0.417. The van der Waals surface area contributed by atoms with E-state index in [9.17, 15) is 5.26 Å². The van der Waals surface area contributed by atoms with Crippen molar-refractivity contribution in [3.63, 3.8) is 0 Å². The summed E-state index contributed by atoms with van der Waals surface area (Å²) < 4.78 is 12.3. The molecule has 0 aromatic heterocycles. The standard InChI is InChI=1S/C18H25BN2O2/c1-13-7-8-14(11-20)15(9-13)10-16(12-21-6)19-22-17(2,3)18(4,5)23-19/h7-10,21H,12H2,1-6H3. The van der Waals surface area contributed by atoms with E-state index < -0.39 is 7.12 Å². The average Bonchev–Trinajstić information content (AvgIpc) is 2.67. The topological polar surface area (TPSA) is 54.3 Å². The summed E-state index contributed by atoms with van der Waals surface area (Å²) in [5.41, 5.74) is 2.89. The Morgan fingerprint density at radius 3 is 2.39 bits per heavy atom. The van der Waals surface area contributed by atoms with Crippen molar-refractivity contribution in [1.29, 1.82) is 5.26 Å². The first kappa shape index (κ1) is 17.7. The molecule has 1 saturated heterocycles. The number of rotatable bonds is 4. The summed E-state index contributed by atoms with van der Waals surface area (Å²) in [6.07, 6.45) is 2.00. The quantitative estimate of drug-likeness (QED) is 0.868. The van der Waals surface area contributed by atoms with Crippen molar-refractivity contribution in [2.45, 2.75) is 45.8 Å². The van der Waals surface area contributed by atoms with Crippen molar-refractivity contribution in [2.24, 2.45) is 0 Å². The van der Waals surface area contributed by atoms with E-state index in [1.807, 2.05) is 65.9 Å². The first-order valence-corrected chi connectivity index (χ1v) is 7.91. The molecule has 0 aliphatic carbocycles. The van der Waals surface area contributed by atoms with Gasteiger partial charge in [-0.3, -0.25) is 0 Å². The second kappa shape index (κ2) is 6.49. The molecule has 1 aromatic rings. The van der Waals surface area contributed by atoms with Crippen LogP contribution in [-0.2, 0) is 9.31 Å². The van der Waals surface area contributed by atoms with Gasteiger partial charge in [0.25, 0.3) is 0 Å². The highest BCUT2D eigenvalue weighted by Gasteiger charge is 2.52. The van der Waals surface area contributed by atoms with Crippen LogP contribution in [0.1, 0.15) is 44.4 Å². The maximum absolute atomic E-state index is 9.33. The van der Waals surface area contributed by atoms with Gasteiger partial charge in [0, 0.05) is 6.54 Å². The van der Waals surface area contributed by atoms with Crippen molar-refractivity contribution in [3.8, 4) is 6.07 Å². The summed E-state index contributed by atoms with van der Waals surface area (Å²) in [4.78, 5) is 0. The predicted octanol–water partition coefficient (Wildman–Crippen LogP) is 3.10. The number of aryl methyl sites for hydroxylation is 1. The van der Waals surface area contributed by atoms with Gasteiger partial charge < -0.3 is 14.6 Å². The molecule has 1 aromatic carbocycles. The zero-order chi connectivity index (χ0) is 17.3. The Bertz CT molecular complexity index is 643. The number of nitrogens with one attached hydrogen (secondary N) is 1. The first-order valence-electron chi connectivity index (χ1n) is 7.91. The van der Waals surface area contributed by atoms with E-state index in [-0.39, 0.29) is 11.2 Å². The molecule has 0 saturated carbocycles. The van der Waals surface area contributed by atoms with Crippen LogP contribution in [0.4, 0.5) is 0 Å². The van der Waals surface area contributed by atoms with Crippen molar-refractivity contribution in [3.05, 3.63) is 40.4 Å². The molecule has 2 rings (SSSR count). The Kier molecular flexibility index (Phi) is 5.00. The molecule has 1 aliphatic heterocycles. The van der Waals surface area contributed by atoms with Crippen LogP contribution in [-0.4, -0.2) is 31.9 Å². The minimum Gasteiger partial charge on any atom is -0.400 e. The van der Waals surface area contributed by atoms with Gasteiger partial charge in [0.15, 0.2) is 0 Å². The van der Waals surface area contributed by atoms with Crippen LogP contribution in [0.25, 0.3) is 6.08 Å². The van der Waals surface area contributed by atoms with E-state index >= 15 is 0 Å². The number of hydrogen-bond acceptors (Lipinski definition) is 4. The Labute approximate surface area is 139 Å². The van der Waals surface area contributed by atoms with E-state index in [4.69, 9.17) is 9.31 Å². The third kappa shape index (κ3) is 3.66. The molecule has 4 nitrogen and oxygen atoms in total. The maximum Gasteiger partial charge on any atom is 0.491 e. The molecule has 0 radical (unpaired) electrons. The van der Waals surface area contributed by atoms with E-state index in [0.29, 0.717) is 12.1 Å². The SMILES string of the molecule is CNCC(=Cc1cc(C)ccc1C#N)B1OC(C)(C)C(C)(C)O1. The predicted molar refractivity (Wildman–Crippen MR) is 93.9 cm³/mol. The lowest BCUT2D eigenvalue weighted by molar-refractivity contribution is 0.00578. The summed E-state index contributed by atoms with van der Waals surface area (Å²) in [7, 11) is 1.47. The van der Waals surface area contributed by atoms with Gasteiger partial charge >= 0.3 is 7.12 Å². The molecule has 0 spiro atoms. The molecule has 0 bridgehead atoms. The fourth-order valence-electron chi connectivity index (χ4n) is 2.50. The lowest BCUT2D eigenvalue weighted by Crippen LogP contribution is -2.41. The molecule has 1 N–H and O–H groups in total. The number of benzene rings is 1. The van der Waals surface area contributed by atoms with Crippen LogP contribution < -0.4 is 5.32 Å². The van der Waals surface area contributed by atoms with E-state index in [1.54, 1.807) is 0 Å². The van der Waals surface area contributed by atoms with Crippen LogP contribution in [0.2, 0.25) is 0 Å². The van der Waals surface area contributed by atoms with E-state index in [1.165, 1.54) is 0 Å². The van der Waals surface area contributed by atoms with Crippen molar-refractivity contribution in [1.82, 2.24) is 5.32 Å². The van der Waals surface area contributed by atoms with Crippen molar-refractivity contribution >= 4 is 13.2 Å². The molecule has 23 heavy (non-hydrogen) atoms. The Morgan fingerprint density at radius 2 is 1.87 bits per heavy atom. The number of hydrogen-bond donors (Lipinski definition) is 1. The molecule has 122 valence electrons. The van der Waals surface area contributed by atoms with Gasteiger partial charge in [0.2, 0.25) is 0 Å². The second-order valence-corrected chi connectivity index (χ2v) is 7.04. The number of nitrogens with zero attached hydrogens (tertiary/aromatic N) is 1. The lowest BCUT2D eigenvalue weighted by atomic mass is 9.76. The highest BCUT2D eigenvalue weighted by Crippen LogP contribution is 2.38. The van der Waals surface area contributed by atoms with Crippen LogP contribution in [0.15, 0.2) is 23.7 Å². The smallest absolute Gasteiger partial charge is 0.400 e. The van der Waals surface area contributed by atoms with Gasteiger partial charge in [-0.25, -0.2) is 0 Å². The minimum absolute atomic E-state index is 0.380. The normalized spacial score (nSPS) is 19.7. The highest BCUT2D eigenvalue weighted by molar-refractivity contribution is 6.56. The summed E-state index contributed by atoms with van der Waals surface area (Å²) in [6.45, 7) is 10.8. The molecule has 1 heterocycles. The monoisotopic (exact) mass is 312 g/mol. The fraction of sp³-hybridized carbons (Fsp3) is 0.500. The second-order valence-electron chi connectivity index (χ2n) is 7.04. The first-order chi connectivity index (χ1) is 10.7. The van der Waals surface area contributed by atoms with Crippen LogP contribution in [0.3, 0.4) is 0 Å². The largest absolute Gasteiger partial charge is 0.491 e. The molecule has 0 unspecified atom stereocenters. The summed E-state index contributed by atoms with van der Waals surface area (Å²) in [5.74, 6) is 0. The molecular formula is C18H25BN2O2. The van der Waals surface area contributed by atoms with Crippen LogP contribution >= 0.6 is 0 Å². The maximum atomic E-state index is 9.33. The van der Waals surface area contributed by atoms with Crippen LogP contribution in [0.5, 0.6) is 0 Å². The van der Waals surface area contributed by atoms with Crippen molar-refractivity contribution in [2.75, 3.05) is 13.6 Å². The molecule has 1 aliphatic rings. The van der Waals surface area contributed by atoms with Gasteiger partial charge in [0.05, 0.1) is 22.8 Å². The van der Waals surface area contributed by atoms with Gasteiger partial charge in [0.1, 0.15) is 0 Å². The van der Waals surface area contributed by atoms with E-state index in [2.05, 4.69) is 11.4 Å². The Hall–Kier alpha value is -1.61. The Balaban J connectivity index is 2.41. The lowest BCUT2D eigenvalue weighted by Gasteiger charge is -2.32. The molecular weight excluding hydrogens is 287 g/mol. The zero-order valence-corrected chi connectivity index (χ0v) is 14.9. The summed E-state index contributed by atoms with van der Waals surface area (Å²) >= 11 is 0. The fourth-order valence-corrected chi connectivity index (χ4v) is 2.50. The van der Waals surface area contributed by atoms with Gasteiger partial charge in [-0.05, 0) is 58.8 Å². The zero-order valence-electron chi connectivity index (χ0n) is 14.9. The van der Waals surface area contributed by atoms with Gasteiger partial charge in [-0.15, -0.1) is 0 Å².